The fourth-order valence-electron chi connectivity index (χ4n) is 3.72. The fraction of sp³-hybridized carbons (Fsp3) is 0.0870. The zero-order valence-corrected chi connectivity index (χ0v) is 16.7. The Balaban J connectivity index is 1.23. The summed E-state index contributed by atoms with van der Waals surface area (Å²) in [6.45, 7) is -0.0809. The zero-order chi connectivity index (χ0) is 22.2. The number of hydrogen-bond donors (Lipinski definition) is 2. The van der Waals surface area contributed by atoms with Gasteiger partial charge in [0.15, 0.2) is 0 Å². The Morgan fingerprint density at radius 1 is 0.531 bits per heavy atom. The van der Waals surface area contributed by atoms with Crippen molar-refractivity contribution < 1.29 is 19.2 Å². The second kappa shape index (κ2) is 7.62. The van der Waals surface area contributed by atoms with E-state index in [2.05, 4.69) is 15.6 Å². The molecule has 9 nitrogen and oxygen atoms in total. The molecule has 0 spiro atoms. The smallest absolute Gasteiger partial charge is 0.263 e. The van der Waals surface area contributed by atoms with E-state index in [0.29, 0.717) is 33.9 Å². The molecule has 3 heterocycles. The first-order chi connectivity index (χ1) is 15.5. The Labute approximate surface area is 182 Å². The van der Waals surface area contributed by atoms with E-state index in [1.807, 2.05) is 0 Å². The number of carbonyl (C=O) groups is 4. The number of nitrogens with zero attached hydrogens (tertiary/aromatic N) is 3. The lowest BCUT2D eigenvalue weighted by Crippen LogP contribution is -2.35. The third-order valence-corrected chi connectivity index (χ3v) is 5.34. The van der Waals surface area contributed by atoms with Crippen molar-refractivity contribution in [1.82, 2.24) is 14.8 Å². The molecule has 9 heteroatoms. The van der Waals surface area contributed by atoms with Gasteiger partial charge in [0, 0.05) is 0 Å². The molecule has 2 aliphatic heterocycles. The van der Waals surface area contributed by atoms with Crippen molar-refractivity contribution in [2.24, 2.45) is 0 Å². The zero-order valence-electron chi connectivity index (χ0n) is 16.7. The largest absolute Gasteiger partial charge is 0.352 e. The van der Waals surface area contributed by atoms with Gasteiger partial charge in [0.1, 0.15) is 11.6 Å². The van der Waals surface area contributed by atoms with Gasteiger partial charge in [-0.1, -0.05) is 30.3 Å². The molecule has 2 aromatic carbocycles. The van der Waals surface area contributed by atoms with Crippen molar-refractivity contribution in [3.8, 4) is 0 Å². The molecule has 5 rings (SSSR count). The summed E-state index contributed by atoms with van der Waals surface area (Å²) in [7, 11) is 0. The Hall–Kier alpha value is -4.53. The van der Waals surface area contributed by atoms with Crippen LogP contribution in [0, 0.1) is 0 Å². The highest BCUT2D eigenvalue weighted by Crippen LogP contribution is 2.23. The standard InChI is InChI=1S/C23H17N5O4/c29-20-14-6-1-2-7-15(14)21(30)27(20)12-24-18-10-5-11-19(26-18)25-13-28-22(31)16-8-3-4-9-17(16)23(28)32/h1-11H,12-13H2,(H2,24,25,26). The van der Waals surface area contributed by atoms with Crippen molar-refractivity contribution in [3.05, 3.63) is 89.0 Å². The van der Waals surface area contributed by atoms with Gasteiger partial charge in [-0.3, -0.25) is 29.0 Å². The predicted molar refractivity (Wildman–Crippen MR) is 115 cm³/mol. The number of fused-ring (bicyclic) bond motifs is 2. The Kier molecular flexibility index (Phi) is 4.63. The van der Waals surface area contributed by atoms with E-state index in [9.17, 15) is 19.2 Å². The van der Waals surface area contributed by atoms with Crippen molar-refractivity contribution in [2.75, 3.05) is 24.0 Å². The minimum absolute atomic E-state index is 0.0405. The van der Waals surface area contributed by atoms with Crippen LogP contribution in [0.3, 0.4) is 0 Å². The van der Waals surface area contributed by atoms with Gasteiger partial charge in [0.05, 0.1) is 35.6 Å². The van der Waals surface area contributed by atoms with Gasteiger partial charge in [0.25, 0.3) is 23.6 Å². The lowest BCUT2D eigenvalue weighted by molar-refractivity contribution is 0.0650. The fourth-order valence-corrected chi connectivity index (χ4v) is 3.72. The van der Waals surface area contributed by atoms with Gasteiger partial charge < -0.3 is 10.6 Å². The highest BCUT2D eigenvalue weighted by molar-refractivity contribution is 6.22. The minimum atomic E-state index is -0.363. The van der Waals surface area contributed by atoms with Gasteiger partial charge in [-0.25, -0.2) is 4.98 Å². The Morgan fingerprint density at radius 2 is 0.875 bits per heavy atom. The predicted octanol–water partition coefficient (Wildman–Crippen LogP) is 2.41. The molecule has 0 saturated heterocycles. The second-order valence-corrected chi connectivity index (χ2v) is 7.25. The maximum Gasteiger partial charge on any atom is 0.263 e. The first-order valence-corrected chi connectivity index (χ1v) is 9.90. The maximum atomic E-state index is 12.5. The molecule has 32 heavy (non-hydrogen) atoms. The molecule has 0 aliphatic carbocycles. The Bertz CT molecular complexity index is 1120. The van der Waals surface area contributed by atoms with Gasteiger partial charge in [-0.05, 0) is 36.4 Å². The van der Waals surface area contributed by atoms with E-state index < -0.39 is 0 Å². The molecule has 1 aromatic heterocycles. The third kappa shape index (κ3) is 3.16. The number of pyridine rings is 1. The number of imide groups is 2. The van der Waals surface area contributed by atoms with E-state index in [0.717, 1.165) is 9.80 Å². The molecule has 4 amide bonds. The van der Waals surface area contributed by atoms with Crippen LogP contribution in [-0.2, 0) is 0 Å². The lowest BCUT2D eigenvalue weighted by atomic mass is 10.1. The lowest BCUT2D eigenvalue weighted by Gasteiger charge is -2.17. The van der Waals surface area contributed by atoms with Gasteiger partial charge >= 0.3 is 0 Å². The van der Waals surface area contributed by atoms with Crippen molar-refractivity contribution in [3.63, 3.8) is 0 Å². The minimum Gasteiger partial charge on any atom is -0.352 e. The molecular weight excluding hydrogens is 410 g/mol. The van der Waals surface area contributed by atoms with Crippen LogP contribution in [-0.4, -0.2) is 51.7 Å². The van der Waals surface area contributed by atoms with E-state index in [1.165, 1.54) is 0 Å². The topological polar surface area (TPSA) is 112 Å². The van der Waals surface area contributed by atoms with Crippen LogP contribution in [0.25, 0.3) is 0 Å². The normalized spacial score (nSPS) is 14.6. The molecule has 0 atom stereocenters. The number of rotatable bonds is 6. The number of aromatic nitrogens is 1. The molecule has 0 radical (unpaired) electrons. The maximum absolute atomic E-state index is 12.5. The summed E-state index contributed by atoms with van der Waals surface area (Å²) in [4.78, 5) is 56.5. The summed E-state index contributed by atoms with van der Waals surface area (Å²) in [5, 5.41) is 5.94. The molecule has 3 aromatic rings. The summed E-state index contributed by atoms with van der Waals surface area (Å²) in [6, 6.07) is 18.4. The van der Waals surface area contributed by atoms with Crippen LogP contribution in [0.15, 0.2) is 66.7 Å². The number of carbonyl (C=O) groups excluding carboxylic acids is 4. The van der Waals surface area contributed by atoms with Crippen LogP contribution in [0.5, 0.6) is 0 Å². The van der Waals surface area contributed by atoms with Crippen molar-refractivity contribution in [2.45, 2.75) is 0 Å². The van der Waals surface area contributed by atoms with Gasteiger partial charge in [-0.15, -0.1) is 0 Å². The van der Waals surface area contributed by atoms with Crippen LogP contribution >= 0.6 is 0 Å². The average molecular weight is 427 g/mol. The molecule has 158 valence electrons. The molecule has 0 bridgehead atoms. The molecule has 0 saturated carbocycles. The van der Waals surface area contributed by atoms with Crippen LogP contribution in [0.1, 0.15) is 41.4 Å². The van der Waals surface area contributed by atoms with E-state index in [1.54, 1.807) is 66.7 Å². The molecule has 0 unspecified atom stereocenters. The number of nitrogens with one attached hydrogen (secondary N) is 2. The van der Waals surface area contributed by atoms with E-state index >= 15 is 0 Å². The number of hydrogen-bond acceptors (Lipinski definition) is 7. The number of amides is 4. The summed E-state index contributed by atoms with van der Waals surface area (Å²) in [5.74, 6) is -0.602. The first kappa shape index (κ1) is 19.4. The van der Waals surface area contributed by atoms with E-state index in [4.69, 9.17) is 0 Å². The van der Waals surface area contributed by atoms with Crippen molar-refractivity contribution in [1.29, 1.82) is 0 Å². The Morgan fingerprint density at radius 3 is 1.22 bits per heavy atom. The van der Waals surface area contributed by atoms with Crippen LogP contribution in [0.2, 0.25) is 0 Å². The third-order valence-electron chi connectivity index (χ3n) is 5.34. The number of benzene rings is 2. The van der Waals surface area contributed by atoms with Crippen LogP contribution in [0.4, 0.5) is 11.6 Å². The highest BCUT2D eigenvalue weighted by Gasteiger charge is 2.35. The van der Waals surface area contributed by atoms with E-state index in [-0.39, 0.29) is 37.0 Å². The SMILES string of the molecule is O=C1c2ccccc2C(=O)N1CNc1cccc(NCN2C(=O)c3ccccc3C2=O)n1. The average Bonchev–Trinajstić information content (AvgIpc) is 3.21. The summed E-state index contributed by atoms with van der Waals surface area (Å²) >= 11 is 0. The summed E-state index contributed by atoms with van der Waals surface area (Å²) in [5.41, 5.74) is 1.51. The summed E-state index contributed by atoms with van der Waals surface area (Å²) in [6.07, 6.45) is 0. The van der Waals surface area contributed by atoms with Gasteiger partial charge in [-0.2, -0.15) is 0 Å². The first-order valence-electron chi connectivity index (χ1n) is 9.90. The van der Waals surface area contributed by atoms with Crippen molar-refractivity contribution >= 4 is 35.3 Å². The molecule has 0 fully saturated rings. The number of anilines is 2. The van der Waals surface area contributed by atoms with Gasteiger partial charge in [0.2, 0.25) is 0 Å². The molecule has 2 aliphatic rings. The quantitative estimate of drug-likeness (QED) is 0.581. The highest BCUT2D eigenvalue weighted by atomic mass is 16.2. The second-order valence-electron chi connectivity index (χ2n) is 7.25. The molecular formula is C23H17N5O4. The summed E-state index contributed by atoms with van der Waals surface area (Å²) < 4.78 is 0. The van der Waals surface area contributed by atoms with Crippen LogP contribution < -0.4 is 10.6 Å². The monoisotopic (exact) mass is 427 g/mol. The molecule has 2 N–H and O–H groups in total.